The van der Waals surface area contributed by atoms with Crippen molar-refractivity contribution in [3.05, 3.63) is 35.0 Å². The number of nitrogens with zero attached hydrogens (tertiary/aromatic N) is 1. The molecule has 23 heavy (non-hydrogen) atoms. The van der Waals surface area contributed by atoms with E-state index in [1.165, 1.54) is 0 Å². The molecule has 0 radical (unpaired) electrons. The molecule has 6 heteroatoms. The normalized spacial score (nSPS) is 11.2. The van der Waals surface area contributed by atoms with E-state index in [-0.39, 0.29) is 17.5 Å². The van der Waals surface area contributed by atoms with Crippen molar-refractivity contribution in [2.24, 2.45) is 7.05 Å². The lowest BCUT2D eigenvalue weighted by molar-refractivity contribution is 0.0686. The van der Waals surface area contributed by atoms with Crippen molar-refractivity contribution in [2.75, 3.05) is 20.1 Å². The third kappa shape index (κ3) is 3.37. The fourth-order valence-electron chi connectivity index (χ4n) is 2.72. The molecule has 0 fully saturated rings. The zero-order chi connectivity index (χ0) is 17.1. The predicted octanol–water partition coefficient (Wildman–Crippen LogP) is 1.95. The van der Waals surface area contributed by atoms with Crippen LogP contribution in [0.25, 0.3) is 10.9 Å². The molecule has 0 bridgehead atoms. The molecule has 0 unspecified atom stereocenters. The van der Waals surface area contributed by atoms with Crippen molar-refractivity contribution in [3.63, 3.8) is 0 Å². The summed E-state index contributed by atoms with van der Waals surface area (Å²) in [6.07, 6.45) is 0. The molecular formula is C17H23N3O3. The summed E-state index contributed by atoms with van der Waals surface area (Å²) in [7, 11) is 3.57. The molecule has 124 valence electrons. The smallest absolute Gasteiger partial charge is 0.352 e. The van der Waals surface area contributed by atoms with Gasteiger partial charge in [-0.15, -0.1) is 0 Å². The highest BCUT2D eigenvalue weighted by Crippen LogP contribution is 2.29. The summed E-state index contributed by atoms with van der Waals surface area (Å²) in [6.45, 7) is 5.30. The van der Waals surface area contributed by atoms with E-state index < -0.39 is 5.97 Å². The van der Waals surface area contributed by atoms with Gasteiger partial charge in [0.25, 0.3) is 5.91 Å². The Labute approximate surface area is 135 Å². The van der Waals surface area contributed by atoms with Crippen molar-refractivity contribution in [1.29, 1.82) is 0 Å². The van der Waals surface area contributed by atoms with Crippen LogP contribution in [0.2, 0.25) is 0 Å². The zero-order valence-corrected chi connectivity index (χ0v) is 13.9. The maximum absolute atomic E-state index is 12.3. The summed E-state index contributed by atoms with van der Waals surface area (Å²) in [6, 6.07) is 5.23. The van der Waals surface area contributed by atoms with E-state index in [0.717, 1.165) is 16.5 Å². The van der Waals surface area contributed by atoms with E-state index in [2.05, 4.69) is 10.6 Å². The van der Waals surface area contributed by atoms with Crippen molar-refractivity contribution in [1.82, 2.24) is 15.2 Å². The number of carboxylic acids is 1. The third-order valence-corrected chi connectivity index (χ3v) is 3.92. The van der Waals surface area contributed by atoms with Crippen molar-refractivity contribution < 1.29 is 14.7 Å². The standard InChI is InChI=1S/C17H23N3O3/c1-10(2)13-8-12(16(21)19-6-5-18-3)7-11-9-14(17(22)23)20(4)15(11)13/h7-10,18H,5-6H2,1-4H3,(H,19,21)(H,22,23). The lowest BCUT2D eigenvalue weighted by atomic mass is 9.97. The molecule has 0 aliphatic rings. The number of nitrogens with one attached hydrogen (secondary N) is 2. The number of rotatable bonds is 6. The van der Waals surface area contributed by atoms with Crippen LogP contribution in [-0.2, 0) is 7.05 Å². The molecule has 0 atom stereocenters. The highest BCUT2D eigenvalue weighted by Gasteiger charge is 2.19. The molecule has 0 aliphatic carbocycles. The molecule has 1 aromatic carbocycles. The van der Waals surface area contributed by atoms with Crippen LogP contribution >= 0.6 is 0 Å². The highest BCUT2D eigenvalue weighted by atomic mass is 16.4. The summed E-state index contributed by atoms with van der Waals surface area (Å²) in [5.74, 6) is -0.944. The van der Waals surface area contributed by atoms with Gasteiger partial charge < -0.3 is 20.3 Å². The third-order valence-electron chi connectivity index (χ3n) is 3.92. The van der Waals surface area contributed by atoms with Gasteiger partial charge in [-0.25, -0.2) is 4.79 Å². The Hall–Kier alpha value is -2.34. The monoisotopic (exact) mass is 317 g/mol. The minimum atomic E-state index is -0.974. The fraction of sp³-hybridized carbons (Fsp3) is 0.412. The fourth-order valence-corrected chi connectivity index (χ4v) is 2.72. The Morgan fingerprint density at radius 3 is 2.48 bits per heavy atom. The lowest BCUT2D eigenvalue weighted by Gasteiger charge is -2.13. The predicted molar refractivity (Wildman–Crippen MR) is 90.2 cm³/mol. The number of aryl methyl sites for hydroxylation is 1. The van der Waals surface area contributed by atoms with Gasteiger partial charge in [-0.2, -0.15) is 0 Å². The van der Waals surface area contributed by atoms with Gasteiger partial charge in [0.1, 0.15) is 5.69 Å². The number of aromatic carboxylic acids is 1. The van der Waals surface area contributed by atoms with Crippen molar-refractivity contribution in [3.8, 4) is 0 Å². The minimum absolute atomic E-state index is 0.148. The van der Waals surface area contributed by atoms with Gasteiger partial charge in [0, 0.05) is 31.1 Å². The molecule has 2 rings (SSSR count). The van der Waals surface area contributed by atoms with E-state index >= 15 is 0 Å². The van der Waals surface area contributed by atoms with Gasteiger partial charge in [0.2, 0.25) is 0 Å². The molecule has 1 amide bonds. The van der Waals surface area contributed by atoms with Crippen LogP contribution in [0.3, 0.4) is 0 Å². The number of carboxylic acid groups (broad SMARTS) is 1. The Morgan fingerprint density at radius 1 is 1.22 bits per heavy atom. The molecular weight excluding hydrogens is 294 g/mol. The first-order valence-electron chi connectivity index (χ1n) is 7.66. The quantitative estimate of drug-likeness (QED) is 0.711. The Kier molecular flexibility index (Phi) is 5.05. The van der Waals surface area contributed by atoms with Crippen LogP contribution in [0, 0.1) is 0 Å². The first kappa shape index (κ1) is 17.0. The lowest BCUT2D eigenvalue weighted by Crippen LogP contribution is -2.30. The zero-order valence-electron chi connectivity index (χ0n) is 13.9. The van der Waals surface area contributed by atoms with Crippen LogP contribution in [-0.4, -0.2) is 41.7 Å². The van der Waals surface area contributed by atoms with Crippen molar-refractivity contribution >= 4 is 22.8 Å². The summed E-state index contributed by atoms with van der Waals surface area (Å²) in [4.78, 5) is 23.7. The second kappa shape index (κ2) is 6.83. The Bertz CT molecular complexity index is 747. The summed E-state index contributed by atoms with van der Waals surface area (Å²) < 4.78 is 1.68. The number of likely N-dealkylation sites (N-methyl/N-ethyl adjacent to an activating group) is 1. The van der Waals surface area contributed by atoms with E-state index in [0.29, 0.717) is 18.7 Å². The van der Waals surface area contributed by atoms with Crippen LogP contribution < -0.4 is 10.6 Å². The largest absolute Gasteiger partial charge is 0.477 e. The van der Waals surface area contributed by atoms with E-state index in [1.54, 1.807) is 23.7 Å². The van der Waals surface area contributed by atoms with Gasteiger partial charge in [-0.1, -0.05) is 13.8 Å². The number of fused-ring (bicyclic) bond motifs is 1. The highest BCUT2D eigenvalue weighted by molar-refractivity contribution is 6.02. The molecule has 0 spiro atoms. The van der Waals surface area contributed by atoms with Gasteiger partial charge in [-0.05, 0) is 36.7 Å². The molecule has 1 aromatic heterocycles. The average molecular weight is 317 g/mol. The number of amides is 1. The van der Waals surface area contributed by atoms with Crippen LogP contribution in [0.15, 0.2) is 18.2 Å². The van der Waals surface area contributed by atoms with Crippen LogP contribution in [0.1, 0.15) is 46.2 Å². The molecule has 1 heterocycles. The molecule has 3 N–H and O–H groups in total. The SMILES string of the molecule is CNCCNC(=O)c1cc(C(C)C)c2c(c1)cc(C(=O)O)n2C. The summed E-state index contributed by atoms with van der Waals surface area (Å²) in [5.41, 5.74) is 2.61. The maximum atomic E-state index is 12.3. The Morgan fingerprint density at radius 2 is 1.91 bits per heavy atom. The topological polar surface area (TPSA) is 83.4 Å². The number of carbonyl (C=O) groups is 2. The number of hydrogen-bond donors (Lipinski definition) is 3. The van der Waals surface area contributed by atoms with Crippen molar-refractivity contribution in [2.45, 2.75) is 19.8 Å². The van der Waals surface area contributed by atoms with Crippen LogP contribution in [0.4, 0.5) is 0 Å². The maximum Gasteiger partial charge on any atom is 0.352 e. The number of carbonyl (C=O) groups excluding carboxylic acids is 1. The van der Waals surface area contributed by atoms with Gasteiger partial charge in [-0.3, -0.25) is 4.79 Å². The number of hydrogen-bond acceptors (Lipinski definition) is 3. The molecule has 6 nitrogen and oxygen atoms in total. The molecule has 0 aliphatic heterocycles. The first-order valence-corrected chi connectivity index (χ1v) is 7.66. The van der Waals surface area contributed by atoms with Gasteiger partial charge in [0.15, 0.2) is 0 Å². The molecule has 2 aromatic rings. The van der Waals surface area contributed by atoms with E-state index in [4.69, 9.17) is 0 Å². The first-order chi connectivity index (χ1) is 10.9. The van der Waals surface area contributed by atoms with Gasteiger partial charge in [0.05, 0.1) is 5.52 Å². The second-order valence-corrected chi connectivity index (χ2v) is 5.91. The molecule has 0 saturated heterocycles. The Balaban J connectivity index is 2.53. The second-order valence-electron chi connectivity index (χ2n) is 5.91. The van der Waals surface area contributed by atoms with E-state index in [9.17, 15) is 14.7 Å². The van der Waals surface area contributed by atoms with E-state index in [1.807, 2.05) is 27.0 Å². The average Bonchev–Trinajstić information content (AvgIpc) is 2.83. The summed E-state index contributed by atoms with van der Waals surface area (Å²) >= 11 is 0. The van der Waals surface area contributed by atoms with Crippen LogP contribution in [0.5, 0.6) is 0 Å². The minimum Gasteiger partial charge on any atom is -0.477 e. The molecule has 0 saturated carbocycles. The number of benzene rings is 1. The van der Waals surface area contributed by atoms with Gasteiger partial charge >= 0.3 is 5.97 Å². The number of aromatic nitrogens is 1. The summed E-state index contributed by atoms with van der Waals surface area (Å²) in [5, 5.41) is 15.9.